The van der Waals surface area contributed by atoms with E-state index in [0.29, 0.717) is 0 Å². The topological polar surface area (TPSA) is 57.4 Å². The van der Waals surface area contributed by atoms with Crippen molar-refractivity contribution in [1.29, 1.82) is 0 Å². The van der Waals surface area contributed by atoms with Crippen LogP contribution in [0.25, 0.3) is 0 Å². The van der Waals surface area contributed by atoms with Crippen LogP contribution in [0.15, 0.2) is 11.6 Å². The Labute approximate surface area is 99.8 Å². The Hall–Kier alpha value is -0.490. The fraction of sp³-hybridized carbons (Fsp3) is 0.727. The van der Waals surface area contributed by atoms with Crippen LogP contribution in [0.3, 0.4) is 0 Å². The second-order valence-electron chi connectivity index (χ2n) is 4.12. The molecule has 1 unspecified atom stereocenters. The largest absolute Gasteiger partial charge is 0.381 e. The maximum atomic E-state index is 6.27. The van der Waals surface area contributed by atoms with Gasteiger partial charge in [0.05, 0.1) is 10.6 Å². The molecule has 16 heavy (non-hydrogen) atoms. The molecule has 0 aromatic carbocycles. The fourth-order valence-corrected chi connectivity index (χ4v) is 2.85. The summed E-state index contributed by atoms with van der Waals surface area (Å²) in [6, 6.07) is -0.00690. The Kier molecular flexibility index (Phi) is 3.91. The third-order valence-electron chi connectivity index (χ3n) is 3.30. The fourth-order valence-electron chi connectivity index (χ4n) is 2.17. The third kappa shape index (κ3) is 2.43. The molecule has 1 aliphatic heterocycles. The van der Waals surface area contributed by atoms with Crippen molar-refractivity contribution in [3.8, 4) is 0 Å². The van der Waals surface area contributed by atoms with Crippen molar-refractivity contribution in [3.05, 3.63) is 16.6 Å². The molecule has 0 amide bonds. The average molecular weight is 242 g/mol. The molecule has 1 fully saturated rings. The lowest BCUT2D eigenvalue weighted by Gasteiger charge is -2.40. The highest BCUT2D eigenvalue weighted by molar-refractivity contribution is 7.09. The Morgan fingerprint density at radius 3 is 2.94 bits per heavy atom. The van der Waals surface area contributed by atoms with Gasteiger partial charge in [-0.2, -0.15) is 0 Å². The van der Waals surface area contributed by atoms with Gasteiger partial charge < -0.3 is 15.2 Å². The van der Waals surface area contributed by atoms with E-state index in [1.807, 2.05) is 11.6 Å². The normalized spacial score (nSPS) is 21.9. The predicted molar refractivity (Wildman–Crippen MR) is 63.6 cm³/mol. The lowest BCUT2D eigenvalue weighted by Crippen LogP contribution is -2.53. The minimum absolute atomic E-state index is 0.00690. The molecule has 2 heterocycles. The van der Waals surface area contributed by atoms with E-state index in [0.717, 1.165) is 37.5 Å². The number of nitrogens with two attached hydrogens (primary N) is 1. The summed E-state index contributed by atoms with van der Waals surface area (Å²) >= 11 is 1.65. The molecule has 1 aromatic rings. The highest BCUT2D eigenvalue weighted by Crippen LogP contribution is 2.29. The molecule has 0 aliphatic carbocycles. The molecule has 0 saturated carbocycles. The van der Waals surface area contributed by atoms with Gasteiger partial charge in [-0.1, -0.05) is 0 Å². The average Bonchev–Trinajstić information content (AvgIpc) is 2.82. The van der Waals surface area contributed by atoms with E-state index < -0.39 is 0 Å². The summed E-state index contributed by atoms with van der Waals surface area (Å²) < 4.78 is 11.0. The van der Waals surface area contributed by atoms with Crippen molar-refractivity contribution < 1.29 is 9.47 Å². The van der Waals surface area contributed by atoms with Gasteiger partial charge in [-0.05, 0) is 0 Å². The molecule has 2 N–H and O–H groups in total. The first-order valence-corrected chi connectivity index (χ1v) is 6.42. The summed E-state index contributed by atoms with van der Waals surface area (Å²) in [6.07, 6.45) is 4.34. The van der Waals surface area contributed by atoms with E-state index in [4.69, 9.17) is 15.2 Å². The van der Waals surface area contributed by atoms with Gasteiger partial charge in [0.2, 0.25) is 0 Å². The maximum absolute atomic E-state index is 6.27. The lowest BCUT2D eigenvalue weighted by molar-refractivity contribution is -0.103. The summed E-state index contributed by atoms with van der Waals surface area (Å²) in [5.41, 5.74) is 6.04. The highest BCUT2D eigenvalue weighted by Gasteiger charge is 2.38. The van der Waals surface area contributed by atoms with Crippen LogP contribution in [-0.2, 0) is 15.9 Å². The number of nitrogens with zero attached hydrogens (tertiary/aromatic N) is 1. The van der Waals surface area contributed by atoms with Crippen LogP contribution in [0.5, 0.6) is 0 Å². The molecule has 2 rings (SSSR count). The molecule has 1 aromatic heterocycles. The van der Waals surface area contributed by atoms with E-state index in [1.54, 1.807) is 18.4 Å². The van der Waals surface area contributed by atoms with Gasteiger partial charge in [0.25, 0.3) is 0 Å². The van der Waals surface area contributed by atoms with Gasteiger partial charge in [-0.15, -0.1) is 11.3 Å². The van der Waals surface area contributed by atoms with Gasteiger partial charge in [-0.3, -0.25) is 0 Å². The molecule has 4 nitrogen and oxygen atoms in total. The summed E-state index contributed by atoms with van der Waals surface area (Å²) in [7, 11) is 1.74. The number of methoxy groups -OCH3 is 1. The van der Waals surface area contributed by atoms with Gasteiger partial charge >= 0.3 is 0 Å². The number of ether oxygens (including phenoxy) is 2. The van der Waals surface area contributed by atoms with Gasteiger partial charge in [0, 0.05) is 57.2 Å². The van der Waals surface area contributed by atoms with Crippen molar-refractivity contribution >= 4 is 11.3 Å². The van der Waals surface area contributed by atoms with Crippen molar-refractivity contribution in [2.45, 2.75) is 30.9 Å². The van der Waals surface area contributed by atoms with Crippen molar-refractivity contribution in [2.24, 2.45) is 5.73 Å². The molecular formula is C11H18N2O2S. The molecule has 0 spiro atoms. The molecule has 0 bridgehead atoms. The maximum Gasteiger partial charge on any atom is 0.0941 e. The Morgan fingerprint density at radius 1 is 1.62 bits per heavy atom. The zero-order chi connectivity index (χ0) is 11.4. The van der Waals surface area contributed by atoms with Crippen LogP contribution >= 0.6 is 11.3 Å². The van der Waals surface area contributed by atoms with Crippen LogP contribution in [0.2, 0.25) is 0 Å². The monoisotopic (exact) mass is 242 g/mol. The van der Waals surface area contributed by atoms with E-state index in [1.165, 1.54) is 0 Å². The first kappa shape index (κ1) is 12.0. The van der Waals surface area contributed by atoms with Crippen LogP contribution in [0.1, 0.15) is 17.8 Å². The Balaban J connectivity index is 2.02. The van der Waals surface area contributed by atoms with Crippen LogP contribution in [-0.4, -0.2) is 37.0 Å². The van der Waals surface area contributed by atoms with Crippen molar-refractivity contribution in [1.82, 2.24) is 4.98 Å². The minimum atomic E-state index is -0.232. The summed E-state index contributed by atoms with van der Waals surface area (Å²) in [4.78, 5) is 4.27. The van der Waals surface area contributed by atoms with E-state index in [-0.39, 0.29) is 11.6 Å². The highest BCUT2D eigenvalue weighted by atomic mass is 32.1. The van der Waals surface area contributed by atoms with Gasteiger partial charge in [0.1, 0.15) is 0 Å². The molecular weight excluding hydrogens is 224 g/mol. The van der Waals surface area contributed by atoms with Crippen molar-refractivity contribution in [2.75, 3.05) is 20.3 Å². The minimum Gasteiger partial charge on any atom is -0.381 e. The molecule has 1 atom stereocenters. The van der Waals surface area contributed by atoms with Gasteiger partial charge in [0.15, 0.2) is 0 Å². The second-order valence-corrected chi connectivity index (χ2v) is 5.10. The molecule has 1 aliphatic rings. The SMILES string of the molecule is COC1(C(N)Cc2nccs2)CCOCC1. The Bertz CT molecular complexity index is 310. The summed E-state index contributed by atoms with van der Waals surface area (Å²) in [5, 5.41) is 3.06. The van der Waals surface area contributed by atoms with Crippen LogP contribution < -0.4 is 5.73 Å². The number of hydrogen-bond acceptors (Lipinski definition) is 5. The third-order valence-corrected chi connectivity index (χ3v) is 4.10. The van der Waals surface area contributed by atoms with Crippen LogP contribution in [0, 0.1) is 0 Å². The predicted octanol–water partition coefficient (Wildman–Crippen LogP) is 1.21. The quantitative estimate of drug-likeness (QED) is 0.862. The summed E-state index contributed by atoms with van der Waals surface area (Å²) in [5.74, 6) is 0. The van der Waals surface area contributed by atoms with E-state index >= 15 is 0 Å². The molecule has 5 heteroatoms. The molecule has 1 saturated heterocycles. The first-order valence-electron chi connectivity index (χ1n) is 5.54. The van der Waals surface area contributed by atoms with Gasteiger partial charge in [-0.25, -0.2) is 4.98 Å². The smallest absolute Gasteiger partial charge is 0.0941 e. The van der Waals surface area contributed by atoms with E-state index in [2.05, 4.69) is 4.98 Å². The first-order chi connectivity index (χ1) is 7.77. The number of thiazole rings is 1. The summed E-state index contributed by atoms with van der Waals surface area (Å²) in [6.45, 7) is 1.47. The Morgan fingerprint density at radius 2 is 2.38 bits per heavy atom. The zero-order valence-corrected chi connectivity index (χ0v) is 10.3. The number of rotatable bonds is 4. The second kappa shape index (κ2) is 5.23. The molecule has 0 radical (unpaired) electrons. The number of aromatic nitrogens is 1. The lowest BCUT2D eigenvalue weighted by atomic mass is 9.85. The zero-order valence-electron chi connectivity index (χ0n) is 9.52. The number of hydrogen-bond donors (Lipinski definition) is 1. The molecule has 90 valence electrons. The standard InChI is InChI=1S/C11H18N2O2S/c1-14-11(2-5-15-6-3-11)9(12)8-10-13-4-7-16-10/h4,7,9H,2-3,5-6,8,12H2,1H3. The van der Waals surface area contributed by atoms with E-state index in [9.17, 15) is 0 Å². The van der Waals surface area contributed by atoms with Crippen molar-refractivity contribution in [3.63, 3.8) is 0 Å². The van der Waals surface area contributed by atoms with Crippen LogP contribution in [0.4, 0.5) is 0 Å².